The Labute approximate surface area is 103 Å². The molecule has 0 saturated carbocycles. The molecule has 0 bridgehead atoms. The SMILES string of the molecule is CC(c1cc(O)cc(O)c1)N1CCCCCC1. The third kappa shape index (κ3) is 3.13. The van der Waals surface area contributed by atoms with Crippen molar-refractivity contribution in [2.45, 2.75) is 38.6 Å². The normalized spacial score (nSPS) is 19.8. The van der Waals surface area contributed by atoms with Crippen molar-refractivity contribution >= 4 is 0 Å². The molecule has 1 atom stereocenters. The van der Waals surface area contributed by atoms with Gasteiger partial charge in [-0.05, 0) is 50.6 Å². The summed E-state index contributed by atoms with van der Waals surface area (Å²) in [7, 11) is 0. The van der Waals surface area contributed by atoms with E-state index in [0.29, 0.717) is 0 Å². The Morgan fingerprint density at radius 1 is 0.941 bits per heavy atom. The minimum absolute atomic E-state index is 0.140. The van der Waals surface area contributed by atoms with Crippen molar-refractivity contribution in [1.82, 2.24) is 4.90 Å². The summed E-state index contributed by atoms with van der Waals surface area (Å²) in [6.45, 7) is 4.36. The first-order chi connectivity index (χ1) is 8.16. The average molecular weight is 235 g/mol. The van der Waals surface area contributed by atoms with Crippen LogP contribution in [0.5, 0.6) is 11.5 Å². The highest BCUT2D eigenvalue weighted by molar-refractivity contribution is 5.38. The standard InChI is InChI=1S/C14H21NO2/c1-11(15-6-4-2-3-5-7-15)12-8-13(16)10-14(17)9-12/h8-11,16-17H,2-7H2,1H3. The van der Waals surface area contributed by atoms with E-state index >= 15 is 0 Å². The molecule has 0 aliphatic carbocycles. The van der Waals surface area contributed by atoms with Gasteiger partial charge in [0.25, 0.3) is 0 Å². The van der Waals surface area contributed by atoms with Crippen LogP contribution in [0.15, 0.2) is 18.2 Å². The van der Waals surface area contributed by atoms with E-state index in [0.717, 1.165) is 18.7 Å². The van der Waals surface area contributed by atoms with Crippen molar-refractivity contribution in [1.29, 1.82) is 0 Å². The molecule has 0 radical (unpaired) electrons. The second-order valence-corrected chi connectivity index (χ2v) is 4.91. The number of aromatic hydroxyl groups is 2. The molecule has 94 valence electrons. The largest absolute Gasteiger partial charge is 0.508 e. The van der Waals surface area contributed by atoms with E-state index in [4.69, 9.17) is 0 Å². The molecular formula is C14H21NO2. The maximum atomic E-state index is 9.52. The first-order valence-corrected chi connectivity index (χ1v) is 6.44. The molecule has 1 aromatic rings. The number of phenolic OH excluding ortho intramolecular Hbond substituents is 2. The molecule has 1 saturated heterocycles. The lowest BCUT2D eigenvalue weighted by Gasteiger charge is -2.28. The molecule has 2 N–H and O–H groups in total. The first-order valence-electron chi connectivity index (χ1n) is 6.44. The van der Waals surface area contributed by atoms with Crippen LogP contribution in [0.3, 0.4) is 0 Å². The number of hydrogen-bond donors (Lipinski definition) is 2. The zero-order valence-electron chi connectivity index (χ0n) is 10.4. The minimum atomic E-state index is 0.140. The maximum absolute atomic E-state index is 9.52. The zero-order chi connectivity index (χ0) is 12.3. The van der Waals surface area contributed by atoms with Crippen LogP contribution in [-0.2, 0) is 0 Å². The highest BCUT2D eigenvalue weighted by Crippen LogP contribution is 2.29. The van der Waals surface area contributed by atoms with E-state index in [1.165, 1.54) is 31.7 Å². The Bertz CT molecular complexity index is 350. The highest BCUT2D eigenvalue weighted by Gasteiger charge is 2.18. The summed E-state index contributed by atoms with van der Waals surface area (Å²) in [5, 5.41) is 19.0. The Balaban J connectivity index is 2.14. The number of hydrogen-bond acceptors (Lipinski definition) is 3. The van der Waals surface area contributed by atoms with Gasteiger partial charge in [-0.2, -0.15) is 0 Å². The Morgan fingerprint density at radius 2 is 1.47 bits per heavy atom. The third-order valence-electron chi connectivity index (χ3n) is 3.60. The summed E-state index contributed by atoms with van der Waals surface area (Å²) < 4.78 is 0. The lowest BCUT2D eigenvalue weighted by Crippen LogP contribution is -2.27. The molecule has 2 rings (SSSR count). The molecule has 0 aromatic heterocycles. The number of rotatable bonds is 2. The van der Waals surface area contributed by atoms with Gasteiger partial charge < -0.3 is 10.2 Å². The molecule has 3 heteroatoms. The number of likely N-dealkylation sites (tertiary alicyclic amines) is 1. The topological polar surface area (TPSA) is 43.7 Å². The van der Waals surface area contributed by atoms with E-state index in [1.54, 1.807) is 12.1 Å². The minimum Gasteiger partial charge on any atom is -0.508 e. The van der Waals surface area contributed by atoms with Crippen LogP contribution < -0.4 is 0 Å². The van der Waals surface area contributed by atoms with Crippen LogP contribution >= 0.6 is 0 Å². The monoisotopic (exact) mass is 235 g/mol. The number of phenols is 2. The van der Waals surface area contributed by atoms with Gasteiger partial charge in [0, 0.05) is 12.1 Å². The van der Waals surface area contributed by atoms with Gasteiger partial charge >= 0.3 is 0 Å². The summed E-state index contributed by atoms with van der Waals surface area (Å²) in [5.74, 6) is 0.281. The summed E-state index contributed by atoms with van der Waals surface area (Å²) in [4.78, 5) is 2.43. The van der Waals surface area contributed by atoms with Crippen molar-refractivity contribution < 1.29 is 10.2 Å². The van der Waals surface area contributed by atoms with Gasteiger partial charge in [-0.25, -0.2) is 0 Å². The highest BCUT2D eigenvalue weighted by atomic mass is 16.3. The molecule has 17 heavy (non-hydrogen) atoms. The van der Waals surface area contributed by atoms with E-state index in [9.17, 15) is 10.2 Å². The lowest BCUT2D eigenvalue weighted by atomic mass is 10.1. The van der Waals surface area contributed by atoms with E-state index < -0.39 is 0 Å². The Kier molecular flexibility index (Phi) is 3.89. The smallest absolute Gasteiger partial charge is 0.119 e. The summed E-state index contributed by atoms with van der Waals surface area (Å²) in [6.07, 6.45) is 5.12. The van der Waals surface area contributed by atoms with Crippen LogP contribution in [0.1, 0.15) is 44.2 Å². The quantitative estimate of drug-likeness (QED) is 0.828. The number of nitrogens with zero attached hydrogens (tertiary/aromatic N) is 1. The Hall–Kier alpha value is -1.22. The zero-order valence-corrected chi connectivity index (χ0v) is 10.4. The van der Waals surface area contributed by atoms with Gasteiger partial charge in [-0.1, -0.05) is 12.8 Å². The fraction of sp³-hybridized carbons (Fsp3) is 0.571. The van der Waals surface area contributed by atoms with E-state index in [-0.39, 0.29) is 17.5 Å². The maximum Gasteiger partial charge on any atom is 0.119 e. The number of benzene rings is 1. The predicted molar refractivity (Wildman–Crippen MR) is 68.2 cm³/mol. The fourth-order valence-electron chi connectivity index (χ4n) is 2.55. The van der Waals surface area contributed by atoms with Crippen LogP contribution in [0, 0.1) is 0 Å². The van der Waals surface area contributed by atoms with Crippen LogP contribution in [0.25, 0.3) is 0 Å². The molecule has 3 nitrogen and oxygen atoms in total. The summed E-state index contributed by atoms with van der Waals surface area (Å²) >= 11 is 0. The molecular weight excluding hydrogens is 214 g/mol. The molecule has 1 heterocycles. The van der Waals surface area contributed by atoms with Gasteiger partial charge in [0.1, 0.15) is 11.5 Å². The van der Waals surface area contributed by atoms with Crippen LogP contribution in [0.4, 0.5) is 0 Å². The summed E-state index contributed by atoms with van der Waals surface area (Å²) in [5.41, 5.74) is 0.990. The molecule has 1 fully saturated rings. The van der Waals surface area contributed by atoms with Gasteiger partial charge in [0.15, 0.2) is 0 Å². The predicted octanol–water partition coefficient (Wildman–Crippen LogP) is 3.03. The van der Waals surface area contributed by atoms with E-state index in [1.807, 2.05) is 0 Å². The Morgan fingerprint density at radius 3 is 2.00 bits per heavy atom. The third-order valence-corrected chi connectivity index (χ3v) is 3.60. The molecule has 1 aliphatic heterocycles. The van der Waals surface area contributed by atoms with Crippen LogP contribution in [0.2, 0.25) is 0 Å². The van der Waals surface area contributed by atoms with Crippen LogP contribution in [-0.4, -0.2) is 28.2 Å². The average Bonchev–Trinajstić information content (AvgIpc) is 2.55. The van der Waals surface area contributed by atoms with Gasteiger partial charge in [-0.3, -0.25) is 4.90 Å². The van der Waals surface area contributed by atoms with Crippen molar-refractivity contribution in [3.05, 3.63) is 23.8 Å². The lowest BCUT2D eigenvalue weighted by molar-refractivity contribution is 0.218. The van der Waals surface area contributed by atoms with Crippen molar-refractivity contribution in [3.8, 4) is 11.5 Å². The van der Waals surface area contributed by atoms with Crippen molar-refractivity contribution in [2.24, 2.45) is 0 Å². The van der Waals surface area contributed by atoms with Gasteiger partial charge in [-0.15, -0.1) is 0 Å². The van der Waals surface area contributed by atoms with Gasteiger partial charge in [0.05, 0.1) is 0 Å². The molecule has 1 aliphatic rings. The first kappa shape index (κ1) is 12.2. The molecule has 1 aromatic carbocycles. The van der Waals surface area contributed by atoms with Gasteiger partial charge in [0.2, 0.25) is 0 Å². The molecule has 1 unspecified atom stereocenters. The van der Waals surface area contributed by atoms with Crippen molar-refractivity contribution in [3.63, 3.8) is 0 Å². The second kappa shape index (κ2) is 5.41. The molecule has 0 amide bonds. The second-order valence-electron chi connectivity index (χ2n) is 4.91. The fourth-order valence-corrected chi connectivity index (χ4v) is 2.55. The van der Waals surface area contributed by atoms with E-state index in [2.05, 4.69) is 11.8 Å². The van der Waals surface area contributed by atoms with Crippen molar-refractivity contribution in [2.75, 3.05) is 13.1 Å². The molecule has 0 spiro atoms. The summed E-state index contributed by atoms with van der Waals surface area (Å²) in [6, 6.07) is 5.12.